The van der Waals surface area contributed by atoms with Crippen molar-refractivity contribution in [2.45, 2.75) is 96.7 Å². The lowest BCUT2D eigenvalue weighted by molar-refractivity contribution is -0.155. The number of carbonyl (C=O) groups excluding carboxylic acids is 1. The SMILES string of the molecule is COCc1noc([C@H](CCCC2CCCCC2)CC(=O)OC(C)(C)C)n1. The van der Waals surface area contributed by atoms with Crippen molar-refractivity contribution in [3.8, 4) is 0 Å². The van der Waals surface area contributed by atoms with Crippen molar-refractivity contribution in [3.63, 3.8) is 0 Å². The van der Waals surface area contributed by atoms with E-state index in [1.54, 1.807) is 7.11 Å². The molecule has 0 amide bonds. The zero-order chi connectivity index (χ0) is 19.0. The van der Waals surface area contributed by atoms with E-state index >= 15 is 0 Å². The van der Waals surface area contributed by atoms with Crippen LogP contribution in [0.15, 0.2) is 4.52 Å². The van der Waals surface area contributed by atoms with Gasteiger partial charge in [0.2, 0.25) is 5.89 Å². The molecular formula is C20H34N2O4. The first-order valence-corrected chi connectivity index (χ1v) is 9.90. The summed E-state index contributed by atoms with van der Waals surface area (Å²) in [7, 11) is 1.60. The minimum atomic E-state index is -0.486. The first-order valence-electron chi connectivity index (χ1n) is 9.90. The maximum absolute atomic E-state index is 12.3. The van der Waals surface area contributed by atoms with E-state index in [4.69, 9.17) is 14.0 Å². The van der Waals surface area contributed by atoms with Gasteiger partial charge in [0.05, 0.1) is 6.42 Å². The van der Waals surface area contributed by atoms with E-state index in [0.29, 0.717) is 18.3 Å². The van der Waals surface area contributed by atoms with Gasteiger partial charge in [-0.15, -0.1) is 0 Å². The van der Waals surface area contributed by atoms with Gasteiger partial charge in [0.25, 0.3) is 0 Å². The van der Waals surface area contributed by atoms with Crippen molar-refractivity contribution < 1.29 is 18.8 Å². The van der Waals surface area contributed by atoms with Crippen molar-refractivity contribution in [2.24, 2.45) is 5.92 Å². The number of aromatic nitrogens is 2. The van der Waals surface area contributed by atoms with Gasteiger partial charge in [-0.3, -0.25) is 4.79 Å². The molecular weight excluding hydrogens is 332 g/mol. The molecule has 0 unspecified atom stereocenters. The number of esters is 1. The fraction of sp³-hybridized carbons (Fsp3) is 0.850. The highest BCUT2D eigenvalue weighted by Gasteiger charge is 2.26. The minimum absolute atomic E-state index is 0.0912. The topological polar surface area (TPSA) is 74.5 Å². The van der Waals surface area contributed by atoms with Crippen molar-refractivity contribution in [1.82, 2.24) is 10.1 Å². The highest BCUT2D eigenvalue weighted by atomic mass is 16.6. The van der Waals surface area contributed by atoms with E-state index in [0.717, 1.165) is 18.8 Å². The summed E-state index contributed by atoms with van der Waals surface area (Å²) >= 11 is 0. The molecule has 1 aromatic rings. The van der Waals surface area contributed by atoms with E-state index in [9.17, 15) is 4.79 Å². The number of hydrogen-bond acceptors (Lipinski definition) is 6. The van der Waals surface area contributed by atoms with Gasteiger partial charge in [-0.25, -0.2) is 0 Å². The summed E-state index contributed by atoms with van der Waals surface area (Å²) in [6, 6.07) is 0. The quantitative estimate of drug-likeness (QED) is 0.585. The van der Waals surface area contributed by atoms with Crippen LogP contribution in [-0.2, 0) is 20.9 Å². The van der Waals surface area contributed by atoms with Gasteiger partial charge >= 0.3 is 5.97 Å². The average molecular weight is 367 g/mol. The molecule has 0 radical (unpaired) electrons. The summed E-state index contributed by atoms with van der Waals surface area (Å²) in [6.07, 6.45) is 10.2. The van der Waals surface area contributed by atoms with Gasteiger partial charge in [0.15, 0.2) is 5.82 Å². The van der Waals surface area contributed by atoms with Crippen molar-refractivity contribution in [3.05, 3.63) is 11.7 Å². The summed E-state index contributed by atoms with van der Waals surface area (Å²) in [5.41, 5.74) is -0.486. The molecule has 1 fully saturated rings. The molecule has 1 heterocycles. The van der Waals surface area contributed by atoms with Crippen LogP contribution in [0.5, 0.6) is 0 Å². The molecule has 6 nitrogen and oxygen atoms in total. The number of nitrogens with zero attached hydrogens (tertiary/aromatic N) is 2. The van der Waals surface area contributed by atoms with Crippen LogP contribution in [0, 0.1) is 5.92 Å². The third-order valence-corrected chi connectivity index (χ3v) is 4.83. The van der Waals surface area contributed by atoms with Gasteiger partial charge in [-0.05, 0) is 33.1 Å². The zero-order valence-electron chi connectivity index (χ0n) is 16.8. The smallest absolute Gasteiger partial charge is 0.307 e. The lowest BCUT2D eigenvalue weighted by atomic mass is 9.84. The fourth-order valence-electron chi connectivity index (χ4n) is 3.65. The molecule has 26 heavy (non-hydrogen) atoms. The predicted octanol–water partition coefficient (Wildman–Crippen LogP) is 4.78. The molecule has 1 saturated carbocycles. The van der Waals surface area contributed by atoms with Crippen LogP contribution in [0.25, 0.3) is 0 Å². The summed E-state index contributed by atoms with van der Waals surface area (Å²) in [4.78, 5) is 16.7. The molecule has 0 spiro atoms. The maximum Gasteiger partial charge on any atom is 0.307 e. The van der Waals surface area contributed by atoms with E-state index in [1.165, 1.54) is 38.5 Å². The van der Waals surface area contributed by atoms with Crippen molar-refractivity contribution in [1.29, 1.82) is 0 Å². The molecule has 0 bridgehead atoms. The minimum Gasteiger partial charge on any atom is -0.460 e. The number of methoxy groups -OCH3 is 1. The maximum atomic E-state index is 12.3. The van der Waals surface area contributed by atoms with Gasteiger partial charge in [-0.1, -0.05) is 50.1 Å². The number of rotatable bonds is 9. The van der Waals surface area contributed by atoms with Crippen LogP contribution in [0.4, 0.5) is 0 Å². The Hall–Kier alpha value is -1.43. The second-order valence-electron chi connectivity index (χ2n) is 8.40. The number of ether oxygens (including phenoxy) is 2. The Kier molecular flexibility index (Phi) is 8.07. The number of hydrogen-bond donors (Lipinski definition) is 0. The molecule has 0 N–H and O–H groups in total. The summed E-state index contributed by atoms with van der Waals surface area (Å²) < 4.78 is 15.9. The predicted molar refractivity (Wildman–Crippen MR) is 98.6 cm³/mol. The summed E-state index contributed by atoms with van der Waals surface area (Å²) in [6.45, 7) is 5.95. The molecule has 0 saturated heterocycles. The lowest BCUT2D eigenvalue weighted by Gasteiger charge is -2.23. The second-order valence-corrected chi connectivity index (χ2v) is 8.40. The third-order valence-electron chi connectivity index (χ3n) is 4.83. The Bertz CT molecular complexity index is 544. The Morgan fingerprint density at radius 1 is 1.27 bits per heavy atom. The second kappa shape index (κ2) is 10.0. The van der Waals surface area contributed by atoms with E-state index < -0.39 is 5.60 Å². The number of carbonyl (C=O) groups is 1. The normalized spacial score (nSPS) is 17.2. The van der Waals surface area contributed by atoms with Crippen molar-refractivity contribution in [2.75, 3.05) is 7.11 Å². The summed E-state index contributed by atoms with van der Waals surface area (Å²) in [5.74, 6) is 1.56. The molecule has 1 aliphatic rings. The summed E-state index contributed by atoms with van der Waals surface area (Å²) in [5, 5.41) is 3.94. The fourth-order valence-corrected chi connectivity index (χ4v) is 3.65. The van der Waals surface area contributed by atoms with Gasteiger partial charge in [0.1, 0.15) is 12.2 Å². The third kappa shape index (κ3) is 7.44. The Balaban J connectivity index is 1.94. The standard InChI is InChI=1S/C20H34N2O4/c1-20(2,3)25-18(23)13-16(19-21-17(14-24-4)22-26-19)12-8-11-15-9-6-5-7-10-15/h15-16H,5-14H2,1-4H3/t16-/m1/s1. The molecule has 0 aliphatic heterocycles. The Labute approximate surface area is 157 Å². The van der Waals surface area contributed by atoms with Crippen LogP contribution in [0.3, 0.4) is 0 Å². The average Bonchev–Trinajstić information content (AvgIpc) is 3.02. The first-order chi connectivity index (χ1) is 12.4. The molecule has 148 valence electrons. The molecule has 1 aliphatic carbocycles. The van der Waals surface area contributed by atoms with Gasteiger partial charge in [-0.2, -0.15) is 4.98 Å². The molecule has 1 atom stereocenters. The monoisotopic (exact) mass is 366 g/mol. The Morgan fingerprint density at radius 3 is 2.65 bits per heavy atom. The molecule has 2 rings (SSSR count). The largest absolute Gasteiger partial charge is 0.460 e. The highest BCUT2D eigenvalue weighted by molar-refractivity contribution is 5.70. The van der Waals surface area contributed by atoms with E-state index in [1.807, 2.05) is 20.8 Å². The molecule has 6 heteroatoms. The van der Waals surface area contributed by atoms with Crippen LogP contribution in [0.1, 0.15) is 96.2 Å². The lowest BCUT2D eigenvalue weighted by Crippen LogP contribution is -2.25. The van der Waals surface area contributed by atoms with Crippen LogP contribution >= 0.6 is 0 Å². The Morgan fingerprint density at radius 2 is 2.00 bits per heavy atom. The van der Waals surface area contributed by atoms with Gasteiger partial charge in [0, 0.05) is 13.0 Å². The van der Waals surface area contributed by atoms with Crippen molar-refractivity contribution >= 4 is 5.97 Å². The molecule has 0 aromatic carbocycles. The van der Waals surface area contributed by atoms with Crippen LogP contribution < -0.4 is 0 Å². The highest BCUT2D eigenvalue weighted by Crippen LogP contribution is 2.31. The van der Waals surface area contributed by atoms with Crippen LogP contribution in [0.2, 0.25) is 0 Å². The van der Waals surface area contributed by atoms with E-state index in [2.05, 4.69) is 10.1 Å². The van der Waals surface area contributed by atoms with E-state index in [-0.39, 0.29) is 18.3 Å². The first kappa shape index (κ1) is 20.9. The molecule has 1 aromatic heterocycles. The zero-order valence-corrected chi connectivity index (χ0v) is 16.8. The van der Waals surface area contributed by atoms with Crippen LogP contribution in [-0.4, -0.2) is 28.8 Å². The van der Waals surface area contributed by atoms with Gasteiger partial charge < -0.3 is 14.0 Å².